The van der Waals surface area contributed by atoms with Crippen molar-refractivity contribution in [3.8, 4) is 0 Å². The first kappa shape index (κ1) is 23.5. The summed E-state index contributed by atoms with van der Waals surface area (Å²) in [6, 6.07) is 25.6. The average Bonchev–Trinajstić information content (AvgIpc) is 2.74. The fourth-order valence-corrected chi connectivity index (χ4v) is 4.20. The summed E-state index contributed by atoms with van der Waals surface area (Å²) in [6.07, 6.45) is 1.19. The molecule has 0 saturated carbocycles. The van der Waals surface area contributed by atoms with Crippen molar-refractivity contribution in [2.24, 2.45) is 11.3 Å². The van der Waals surface area contributed by atoms with Crippen LogP contribution in [0.4, 0.5) is 10.1 Å². The maximum atomic E-state index is 15.3. The molecule has 3 nitrogen and oxygen atoms in total. The Balaban J connectivity index is 1.80. The highest BCUT2D eigenvalue weighted by Crippen LogP contribution is 2.30. The summed E-state index contributed by atoms with van der Waals surface area (Å²) in [5.41, 5.74) is 2.91. The van der Waals surface area contributed by atoms with Gasteiger partial charge in [-0.2, -0.15) is 0 Å². The van der Waals surface area contributed by atoms with Crippen LogP contribution < -0.4 is 4.90 Å². The fourth-order valence-electron chi connectivity index (χ4n) is 4.20. The fraction of sp³-hybridized carbons (Fsp3) is 0.321. The van der Waals surface area contributed by atoms with Gasteiger partial charge in [0.1, 0.15) is 5.82 Å². The maximum Gasteiger partial charge on any atom is 0.309 e. The first-order valence-electron chi connectivity index (χ1n) is 11.1. The van der Waals surface area contributed by atoms with Crippen molar-refractivity contribution < 1.29 is 14.3 Å². The number of benzene rings is 3. The lowest BCUT2D eigenvalue weighted by Crippen LogP contribution is -2.26. The minimum Gasteiger partial charge on any atom is -0.481 e. The van der Waals surface area contributed by atoms with E-state index in [1.807, 2.05) is 55.5 Å². The predicted molar refractivity (Wildman–Crippen MR) is 128 cm³/mol. The topological polar surface area (TPSA) is 40.5 Å². The maximum absolute atomic E-state index is 15.3. The van der Waals surface area contributed by atoms with Gasteiger partial charge < -0.3 is 10.0 Å². The Morgan fingerprint density at radius 3 is 1.91 bits per heavy atom. The molecule has 168 valence electrons. The van der Waals surface area contributed by atoms with E-state index < -0.39 is 11.4 Å². The number of carbonyl (C=O) groups is 1. The van der Waals surface area contributed by atoms with Crippen LogP contribution in [-0.2, 0) is 24.3 Å². The highest BCUT2D eigenvalue weighted by Gasteiger charge is 2.29. The van der Waals surface area contributed by atoms with Crippen molar-refractivity contribution in [3.05, 3.63) is 101 Å². The number of carboxylic acid groups (broad SMARTS) is 1. The number of halogens is 1. The molecule has 0 radical (unpaired) electrons. The number of aliphatic carboxylic acids is 1. The second-order valence-corrected chi connectivity index (χ2v) is 9.32. The van der Waals surface area contributed by atoms with Gasteiger partial charge in [-0.3, -0.25) is 4.79 Å². The van der Waals surface area contributed by atoms with Crippen LogP contribution in [0.1, 0.15) is 43.9 Å². The summed E-state index contributed by atoms with van der Waals surface area (Å²) >= 11 is 0. The van der Waals surface area contributed by atoms with Crippen molar-refractivity contribution in [3.63, 3.8) is 0 Å². The van der Waals surface area contributed by atoms with Gasteiger partial charge in [0.2, 0.25) is 0 Å². The van der Waals surface area contributed by atoms with Crippen LogP contribution >= 0.6 is 0 Å². The van der Waals surface area contributed by atoms with Gasteiger partial charge >= 0.3 is 5.97 Å². The standard InChI is InChI=1S/C28H32FNO2/c1-21(18-28(2,3)27(31)32)16-24-14-15-26(25(29)17-24)30(19-22-10-6-4-7-11-22)20-23-12-8-5-9-13-23/h4-15,17,21H,16,18-20H2,1-3H3,(H,31,32). The van der Waals surface area contributed by atoms with Crippen LogP contribution in [0.25, 0.3) is 0 Å². The molecule has 4 heteroatoms. The van der Waals surface area contributed by atoms with Crippen LogP contribution in [0.5, 0.6) is 0 Å². The normalized spacial score (nSPS) is 12.4. The Bertz CT molecular complexity index is 977. The molecule has 1 unspecified atom stereocenters. The Labute approximate surface area is 190 Å². The summed E-state index contributed by atoms with van der Waals surface area (Å²) in [6.45, 7) is 6.71. The lowest BCUT2D eigenvalue weighted by Gasteiger charge is -2.27. The Kier molecular flexibility index (Phi) is 7.68. The van der Waals surface area contributed by atoms with Crippen molar-refractivity contribution >= 4 is 11.7 Å². The van der Waals surface area contributed by atoms with E-state index in [1.54, 1.807) is 19.9 Å². The lowest BCUT2D eigenvalue weighted by molar-refractivity contribution is -0.147. The van der Waals surface area contributed by atoms with E-state index in [-0.39, 0.29) is 11.7 Å². The van der Waals surface area contributed by atoms with Crippen LogP contribution in [0.2, 0.25) is 0 Å². The molecule has 0 aromatic heterocycles. The van der Waals surface area contributed by atoms with Crippen molar-refractivity contribution in [2.75, 3.05) is 4.90 Å². The summed E-state index contributed by atoms with van der Waals surface area (Å²) < 4.78 is 15.3. The Morgan fingerprint density at radius 1 is 0.906 bits per heavy atom. The number of hydrogen-bond acceptors (Lipinski definition) is 2. The Morgan fingerprint density at radius 2 is 1.44 bits per heavy atom. The molecule has 1 atom stereocenters. The van der Waals surface area contributed by atoms with Gasteiger partial charge in [0.15, 0.2) is 0 Å². The molecule has 0 fully saturated rings. The first-order chi connectivity index (χ1) is 15.2. The molecule has 0 heterocycles. The van der Waals surface area contributed by atoms with E-state index in [9.17, 15) is 9.90 Å². The van der Waals surface area contributed by atoms with Crippen molar-refractivity contribution in [2.45, 2.75) is 46.7 Å². The van der Waals surface area contributed by atoms with Gasteiger partial charge in [0, 0.05) is 13.1 Å². The van der Waals surface area contributed by atoms with Crippen LogP contribution in [0.3, 0.4) is 0 Å². The molecule has 1 N–H and O–H groups in total. The molecule has 0 saturated heterocycles. The average molecular weight is 434 g/mol. The second kappa shape index (κ2) is 10.4. The minimum absolute atomic E-state index is 0.135. The summed E-state index contributed by atoms with van der Waals surface area (Å²) in [7, 11) is 0. The van der Waals surface area contributed by atoms with Crippen LogP contribution in [0, 0.1) is 17.2 Å². The second-order valence-electron chi connectivity index (χ2n) is 9.32. The zero-order chi connectivity index (χ0) is 23.1. The quantitative estimate of drug-likeness (QED) is 0.386. The lowest BCUT2D eigenvalue weighted by atomic mass is 9.81. The van der Waals surface area contributed by atoms with E-state index in [2.05, 4.69) is 29.2 Å². The van der Waals surface area contributed by atoms with E-state index in [4.69, 9.17) is 0 Å². The predicted octanol–water partition coefficient (Wildman–Crippen LogP) is 6.71. The van der Waals surface area contributed by atoms with Crippen molar-refractivity contribution in [1.29, 1.82) is 0 Å². The molecule has 3 aromatic rings. The van der Waals surface area contributed by atoms with E-state index >= 15 is 4.39 Å². The summed E-state index contributed by atoms with van der Waals surface area (Å²) in [5, 5.41) is 9.37. The monoisotopic (exact) mass is 433 g/mol. The minimum atomic E-state index is -0.802. The van der Waals surface area contributed by atoms with Gasteiger partial charge in [-0.25, -0.2) is 4.39 Å². The third kappa shape index (κ3) is 6.43. The molecule has 0 aliphatic heterocycles. The number of hydrogen-bond donors (Lipinski definition) is 1. The zero-order valence-corrected chi connectivity index (χ0v) is 19.1. The van der Waals surface area contributed by atoms with Gasteiger partial charge in [-0.15, -0.1) is 0 Å². The largest absolute Gasteiger partial charge is 0.481 e. The number of anilines is 1. The van der Waals surface area contributed by atoms with Crippen LogP contribution in [0.15, 0.2) is 78.9 Å². The van der Waals surface area contributed by atoms with Gasteiger partial charge in [0.25, 0.3) is 0 Å². The zero-order valence-electron chi connectivity index (χ0n) is 19.1. The number of nitrogens with zero attached hydrogens (tertiary/aromatic N) is 1. The molecule has 0 spiro atoms. The number of rotatable bonds is 10. The van der Waals surface area contributed by atoms with Crippen LogP contribution in [-0.4, -0.2) is 11.1 Å². The molecule has 0 bridgehead atoms. The third-order valence-corrected chi connectivity index (χ3v) is 5.81. The number of carboxylic acids is 1. The van der Waals surface area contributed by atoms with Gasteiger partial charge in [0.05, 0.1) is 11.1 Å². The first-order valence-corrected chi connectivity index (χ1v) is 11.1. The third-order valence-electron chi connectivity index (χ3n) is 5.81. The highest BCUT2D eigenvalue weighted by molar-refractivity contribution is 5.73. The van der Waals surface area contributed by atoms with E-state index in [0.717, 1.165) is 16.7 Å². The smallest absolute Gasteiger partial charge is 0.309 e. The molecule has 0 amide bonds. The summed E-state index contributed by atoms with van der Waals surface area (Å²) in [4.78, 5) is 13.5. The van der Waals surface area contributed by atoms with Gasteiger partial charge in [-0.1, -0.05) is 73.7 Å². The van der Waals surface area contributed by atoms with Gasteiger partial charge in [-0.05, 0) is 61.4 Å². The molecule has 0 aliphatic rings. The molecule has 3 rings (SSSR count). The van der Waals surface area contributed by atoms with E-state index in [0.29, 0.717) is 31.6 Å². The molecule has 0 aliphatic carbocycles. The molecule has 3 aromatic carbocycles. The summed E-state index contributed by atoms with van der Waals surface area (Å²) in [5.74, 6) is -0.918. The molecular weight excluding hydrogens is 401 g/mol. The van der Waals surface area contributed by atoms with Crippen molar-refractivity contribution in [1.82, 2.24) is 0 Å². The van der Waals surface area contributed by atoms with E-state index in [1.165, 1.54) is 0 Å². The molecular formula is C28H32FNO2. The Hall–Kier alpha value is -3.14. The molecule has 32 heavy (non-hydrogen) atoms. The highest BCUT2D eigenvalue weighted by atomic mass is 19.1. The SMILES string of the molecule is CC(Cc1ccc(N(Cc2ccccc2)Cc2ccccc2)c(F)c1)CC(C)(C)C(=O)O.